The number of likely N-dealkylation sites (tertiary alicyclic amines) is 1. The normalized spacial score (nSPS) is 17.4. The van der Waals surface area contributed by atoms with Crippen LogP contribution in [0.5, 0.6) is 0 Å². The summed E-state index contributed by atoms with van der Waals surface area (Å²) in [5, 5.41) is 10.5. The average Bonchev–Trinajstić information content (AvgIpc) is 2.23. The summed E-state index contributed by atoms with van der Waals surface area (Å²) in [4.78, 5) is 13.7. The molecule has 18 heavy (non-hydrogen) atoms. The lowest BCUT2D eigenvalue weighted by atomic mass is 9.89. The van der Waals surface area contributed by atoms with Crippen molar-refractivity contribution in [2.45, 2.75) is 25.4 Å². The first kappa shape index (κ1) is 13.2. The molecule has 0 radical (unpaired) electrons. The number of halogens is 1. The van der Waals surface area contributed by atoms with Crippen molar-refractivity contribution < 1.29 is 9.90 Å². The van der Waals surface area contributed by atoms with Crippen molar-refractivity contribution in [1.29, 1.82) is 0 Å². The number of benzene rings is 1. The summed E-state index contributed by atoms with van der Waals surface area (Å²) >= 11 is 5.87. The molecule has 1 saturated heterocycles. The Bertz CT molecular complexity index is 450. The van der Waals surface area contributed by atoms with E-state index in [4.69, 9.17) is 17.3 Å². The SMILES string of the molecule is CCCC1(O)CN(C(=O)c2cc(N)cc(Cl)c2)C1. The standard InChI is InChI=1S/C13H17ClN2O2/c1-2-3-13(18)7-16(8-13)12(17)9-4-10(14)6-11(15)5-9/h4-6,18H,2-3,7-8,15H2,1H3. The second kappa shape index (κ2) is 4.78. The Balaban J connectivity index is 2.06. The highest BCUT2D eigenvalue weighted by Crippen LogP contribution is 2.28. The van der Waals surface area contributed by atoms with Crippen molar-refractivity contribution in [3.63, 3.8) is 0 Å². The summed E-state index contributed by atoms with van der Waals surface area (Å²) in [6.07, 6.45) is 1.62. The van der Waals surface area contributed by atoms with Crippen molar-refractivity contribution in [3.8, 4) is 0 Å². The molecular formula is C13H17ClN2O2. The topological polar surface area (TPSA) is 66.6 Å². The summed E-state index contributed by atoms with van der Waals surface area (Å²) < 4.78 is 0. The minimum atomic E-state index is -0.714. The third-order valence-corrected chi connectivity index (χ3v) is 3.36. The lowest BCUT2D eigenvalue weighted by Gasteiger charge is -2.46. The molecule has 1 aromatic carbocycles. The smallest absolute Gasteiger partial charge is 0.254 e. The van der Waals surface area contributed by atoms with Crippen LogP contribution in [0.2, 0.25) is 5.02 Å². The van der Waals surface area contributed by atoms with E-state index >= 15 is 0 Å². The highest BCUT2D eigenvalue weighted by atomic mass is 35.5. The van der Waals surface area contributed by atoms with Gasteiger partial charge in [-0.05, 0) is 24.6 Å². The molecule has 1 aliphatic rings. The van der Waals surface area contributed by atoms with Crippen LogP contribution in [0.4, 0.5) is 5.69 Å². The number of nitrogens with two attached hydrogens (primary N) is 1. The number of carbonyl (C=O) groups excluding carboxylic acids is 1. The number of nitrogens with zero attached hydrogens (tertiary/aromatic N) is 1. The maximum atomic E-state index is 12.1. The summed E-state index contributed by atoms with van der Waals surface area (Å²) in [5.41, 5.74) is 5.88. The number of carbonyl (C=O) groups is 1. The zero-order chi connectivity index (χ0) is 13.3. The molecule has 1 aliphatic heterocycles. The molecule has 0 atom stereocenters. The van der Waals surface area contributed by atoms with E-state index in [-0.39, 0.29) is 5.91 Å². The van der Waals surface area contributed by atoms with Gasteiger partial charge in [0.2, 0.25) is 0 Å². The molecule has 1 heterocycles. The molecule has 3 N–H and O–H groups in total. The Morgan fingerprint density at radius 2 is 2.17 bits per heavy atom. The lowest BCUT2D eigenvalue weighted by molar-refractivity contribution is -0.0860. The summed E-state index contributed by atoms with van der Waals surface area (Å²) in [7, 11) is 0. The molecule has 0 aliphatic carbocycles. The van der Waals surface area contributed by atoms with Gasteiger partial charge in [-0.2, -0.15) is 0 Å². The monoisotopic (exact) mass is 268 g/mol. The summed E-state index contributed by atoms with van der Waals surface area (Å²) in [5.74, 6) is -0.134. The van der Waals surface area contributed by atoms with Crippen LogP contribution in [0, 0.1) is 0 Å². The zero-order valence-corrected chi connectivity index (χ0v) is 11.1. The van der Waals surface area contributed by atoms with Crippen molar-refractivity contribution >= 4 is 23.2 Å². The van der Waals surface area contributed by atoms with Gasteiger partial charge in [0.1, 0.15) is 0 Å². The molecule has 0 unspecified atom stereocenters. The molecule has 1 amide bonds. The lowest BCUT2D eigenvalue weighted by Crippen LogP contribution is -2.63. The number of rotatable bonds is 3. The van der Waals surface area contributed by atoms with Gasteiger partial charge in [0.05, 0.1) is 18.7 Å². The predicted octanol–water partition coefficient (Wildman–Crippen LogP) is 1.91. The molecule has 0 spiro atoms. The average molecular weight is 269 g/mol. The second-order valence-corrected chi connectivity index (χ2v) is 5.35. The second-order valence-electron chi connectivity index (χ2n) is 4.91. The first-order valence-electron chi connectivity index (χ1n) is 6.01. The van der Waals surface area contributed by atoms with Crippen LogP contribution in [0.25, 0.3) is 0 Å². The van der Waals surface area contributed by atoms with Gasteiger partial charge in [0.15, 0.2) is 0 Å². The minimum Gasteiger partial charge on any atom is -0.399 e. The van der Waals surface area contributed by atoms with Gasteiger partial charge < -0.3 is 15.7 Å². The molecule has 0 bridgehead atoms. The largest absolute Gasteiger partial charge is 0.399 e. The van der Waals surface area contributed by atoms with Crippen LogP contribution in [-0.4, -0.2) is 34.6 Å². The maximum Gasteiger partial charge on any atom is 0.254 e. The Morgan fingerprint density at radius 1 is 1.50 bits per heavy atom. The maximum absolute atomic E-state index is 12.1. The third-order valence-electron chi connectivity index (χ3n) is 3.14. The Hall–Kier alpha value is -1.26. The molecule has 0 aromatic heterocycles. The van der Waals surface area contributed by atoms with E-state index in [2.05, 4.69) is 0 Å². The molecule has 5 heteroatoms. The summed E-state index contributed by atoms with van der Waals surface area (Å²) in [6.45, 7) is 2.78. The van der Waals surface area contributed by atoms with Crippen molar-refractivity contribution in [2.24, 2.45) is 0 Å². The quantitative estimate of drug-likeness (QED) is 0.823. The van der Waals surface area contributed by atoms with Gasteiger partial charge in [-0.3, -0.25) is 4.79 Å². The molecular weight excluding hydrogens is 252 g/mol. The third kappa shape index (κ3) is 2.60. The van der Waals surface area contributed by atoms with E-state index in [1.54, 1.807) is 23.1 Å². The van der Waals surface area contributed by atoms with E-state index in [0.29, 0.717) is 35.8 Å². The first-order valence-corrected chi connectivity index (χ1v) is 6.39. The van der Waals surface area contributed by atoms with Crippen LogP contribution in [0.3, 0.4) is 0 Å². The molecule has 1 aromatic rings. The number of hydrogen-bond acceptors (Lipinski definition) is 3. The first-order chi connectivity index (χ1) is 8.43. The van der Waals surface area contributed by atoms with E-state index in [0.717, 1.165) is 6.42 Å². The van der Waals surface area contributed by atoms with Crippen LogP contribution in [-0.2, 0) is 0 Å². The van der Waals surface area contributed by atoms with Gasteiger partial charge in [0.25, 0.3) is 5.91 Å². The van der Waals surface area contributed by atoms with Gasteiger partial charge in [-0.25, -0.2) is 0 Å². The van der Waals surface area contributed by atoms with Gasteiger partial charge in [0, 0.05) is 16.3 Å². The van der Waals surface area contributed by atoms with E-state index < -0.39 is 5.60 Å². The van der Waals surface area contributed by atoms with E-state index in [1.165, 1.54) is 0 Å². The van der Waals surface area contributed by atoms with Crippen molar-refractivity contribution in [3.05, 3.63) is 28.8 Å². The Labute approximate surface area is 111 Å². The van der Waals surface area contributed by atoms with E-state index in [9.17, 15) is 9.90 Å². The number of aliphatic hydroxyl groups is 1. The van der Waals surface area contributed by atoms with Crippen molar-refractivity contribution in [1.82, 2.24) is 4.90 Å². The predicted molar refractivity (Wildman–Crippen MR) is 71.6 cm³/mol. The Morgan fingerprint density at radius 3 is 2.72 bits per heavy atom. The number of amides is 1. The van der Waals surface area contributed by atoms with Crippen molar-refractivity contribution in [2.75, 3.05) is 18.8 Å². The molecule has 2 rings (SSSR count). The van der Waals surface area contributed by atoms with Crippen LogP contribution < -0.4 is 5.73 Å². The fourth-order valence-electron chi connectivity index (χ4n) is 2.35. The van der Waals surface area contributed by atoms with Gasteiger partial charge in [-0.1, -0.05) is 24.9 Å². The number of nitrogen functional groups attached to an aromatic ring is 1. The molecule has 1 fully saturated rings. The van der Waals surface area contributed by atoms with Crippen LogP contribution in [0.1, 0.15) is 30.1 Å². The van der Waals surface area contributed by atoms with Gasteiger partial charge >= 0.3 is 0 Å². The number of hydrogen-bond donors (Lipinski definition) is 2. The molecule has 98 valence electrons. The Kier molecular flexibility index (Phi) is 3.50. The summed E-state index contributed by atoms with van der Waals surface area (Å²) in [6, 6.07) is 4.80. The van der Waals surface area contributed by atoms with Crippen LogP contribution >= 0.6 is 11.6 Å². The number of anilines is 1. The van der Waals surface area contributed by atoms with E-state index in [1.807, 2.05) is 6.92 Å². The molecule has 4 nitrogen and oxygen atoms in total. The van der Waals surface area contributed by atoms with Gasteiger partial charge in [-0.15, -0.1) is 0 Å². The minimum absolute atomic E-state index is 0.134. The zero-order valence-electron chi connectivity index (χ0n) is 10.3. The fourth-order valence-corrected chi connectivity index (χ4v) is 2.59. The highest BCUT2D eigenvalue weighted by Gasteiger charge is 2.42. The fraction of sp³-hybridized carbons (Fsp3) is 0.462. The highest BCUT2D eigenvalue weighted by molar-refractivity contribution is 6.31. The number of β-amino-alcohol motifs (C(OH)–C–C–N with tert-alkyl or cyclic N) is 1. The van der Waals surface area contributed by atoms with Crippen LogP contribution in [0.15, 0.2) is 18.2 Å². The molecule has 0 saturated carbocycles.